The minimum Gasteiger partial charge on any atom is -0.256 e. The molecule has 2 aromatic carbocycles. The van der Waals surface area contributed by atoms with Gasteiger partial charge in [-0.05, 0) is 54.8 Å². The van der Waals surface area contributed by atoms with E-state index in [1.807, 2.05) is 30.5 Å². The molecule has 0 radical (unpaired) electrons. The van der Waals surface area contributed by atoms with Gasteiger partial charge in [0.25, 0.3) is 0 Å². The van der Waals surface area contributed by atoms with E-state index in [2.05, 4.69) is 37.0 Å². The molecular weight excluding hydrogens is 230 g/mol. The number of aryl methyl sites for hydroxylation is 2. The largest absolute Gasteiger partial charge is 0.256 e. The summed E-state index contributed by atoms with van der Waals surface area (Å²) in [5, 5.41) is 0.744. The van der Waals surface area contributed by atoms with Crippen molar-refractivity contribution in [3.8, 4) is 0 Å². The van der Waals surface area contributed by atoms with Crippen molar-refractivity contribution in [2.45, 2.75) is 13.8 Å². The minimum absolute atomic E-state index is 0.744. The molecule has 0 heterocycles. The average Bonchev–Trinajstić information content (AvgIpc) is 2.27. The summed E-state index contributed by atoms with van der Waals surface area (Å²) < 4.78 is 0. The SMILES string of the molecule is Cc1cc(C)cc(N=Cc2ccc(Cl)cc2)c1. The van der Waals surface area contributed by atoms with E-state index in [9.17, 15) is 0 Å². The average molecular weight is 244 g/mol. The lowest BCUT2D eigenvalue weighted by molar-refractivity contribution is 1.36. The van der Waals surface area contributed by atoms with Gasteiger partial charge in [-0.25, -0.2) is 0 Å². The predicted octanol–water partition coefficient (Wildman–Crippen LogP) is 4.71. The highest BCUT2D eigenvalue weighted by Gasteiger charge is 1.93. The van der Waals surface area contributed by atoms with Crippen molar-refractivity contribution in [1.29, 1.82) is 0 Å². The van der Waals surface area contributed by atoms with Crippen LogP contribution in [0.25, 0.3) is 0 Å². The Labute approximate surface area is 107 Å². The second-order valence-electron chi connectivity index (χ2n) is 4.16. The normalized spacial score (nSPS) is 11.0. The highest BCUT2D eigenvalue weighted by molar-refractivity contribution is 6.30. The molecule has 0 unspecified atom stereocenters. The van der Waals surface area contributed by atoms with Crippen LogP contribution in [0.1, 0.15) is 16.7 Å². The molecule has 0 saturated heterocycles. The monoisotopic (exact) mass is 243 g/mol. The molecule has 0 aliphatic rings. The summed E-state index contributed by atoms with van der Waals surface area (Å²) in [6.07, 6.45) is 1.85. The zero-order valence-corrected chi connectivity index (χ0v) is 10.7. The molecule has 0 fully saturated rings. The van der Waals surface area contributed by atoms with E-state index >= 15 is 0 Å². The third-order valence-electron chi connectivity index (χ3n) is 2.44. The molecule has 1 nitrogen and oxygen atoms in total. The van der Waals surface area contributed by atoms with Crippen LogP contribution in [-0.2, 0) is 0 Å². The van der Waals surface area contributed by atoms with Gasteiger partial charge in [0.05, 0.1) is 5.69 Å². The molecule has 2 aromatic rings. The first-order valence-corrected chi connectivity index (χ1v) is 5.89. The zero-order chi connectivity index (χ0) is 12.3. The Balaban J connectivity index is 2.22. The molecule has 0 N–H and O–H groups in total. The lowest BCUT2D eigenvalue weighted by Crippen LogP contribution is -1.80. The molecule has 2 rings (SSSR count). The summed E-state index contributed by atoms with van der Waals surface area (Å²) in [6, 6.07) is 13.9. The van der Waals surface area contributed by atoms with E-state index in [1.54, 1.807) is 0 Å². The van der Waals surface area contributed by atoms with Crippen molar-refractivity contribution in [3.05, 3.63) is 64.2 Å². The first-order chi connectivity index (χ1) is 8.13. The van der Waals surface area contributed by atoms with E-state index in [-0.39, 0.29) is 0 Å². The lowest BCUT2D eigenvalue weighted by Gasteiger charge is -1.99. The summed E-state index contributed by atoms with van der Waals surface area (Å²) in [7, 11) is 0. The number of aliphatic imine (C=N–C) groups is 1. The van der Waals surface area contributed by atoms with Gasteiger partial charge in [0.2, 0.25) is 0 Å². The predicted molar refractivity (Wildman–Crippen MR) is 74.6 cm³/mol. The van der Waals surface area contributed by atoms with Gasteiger partial charge in [-0.2, -0.15) is 0 Å². The van der Waals surface area contributed by atoms with Crippen LogP contribution in [-0.4, -0.2) is 6.21 Å². The summed E-state index contributed by atoms with van der Waals surface area (Å²) in [5.41, 5.74) is 4.49. The second kappa shape index (κ2) is 5.15. The Hall–Kier alpha value is -1.60. The molecule has 86 valence electrons. The Morgan fingerprint density at radius 2 is 1.53 bits per heavy atom. The van der Waals surface area contributed by atoms with Crippen molar-refractivity contribution in [2.24, 2.45) is 4.99 Å². The summed E-state index contributed by atoms with van der Waals surface area (Å²) in [5.74, 6) is 0. The summed E-state index contributed by atoms with van der Waals surface area (Å²) in [6.45, 7) is 4.16. The van der Waals surface area contributed by atoms with Gasteiger partial charge in [-0.1, -0.05) is 29.8 Å². The first kappa shape index (κ1) is 11.9. The van der Waals surface area contributed by atoms with Crippen LogP contribution in [0.3, 0.4) is 0 Å². The van der Waals surface area contributed by atoms with Gasteiger partial charge in [-0.3, -0.25) is 4.99 Å². The van der Waals surface area contributed by atoms with E-state index in [0.717, 1.165) is 16.3 Å². The standard InChI is InChI=1S/C15H14ClN/c1-11-7-12(2)9-15(8-11)17-10-13-3-5-14(16)6-4-13/h3-10H,1-2H3. The van der Waals surface area contributed by atoms with Gasteiger partial charge >= 0.3 is 0 Å². The number of hydrogen-bond donors (Lipinski definition) is 0. The zero-order valence-electron chi connectivity index (χ0n) is 9.94. The van der Waals surface area contributed by atoms with Crippen LogP contribution >= 0.6 is 11.6 Å². The number of rotatable bonds is 2. The van der Waals surface area contributed by atoms with Crippen LogP contribution in [0, 0.1) is 13.8 Å². The van der Waals surface area contributed by atoms with Crippen LogP contribution < -0.4 is 0 Å². The molecule has 2 heteroatoms. The molecule has 0 bridgehead atoms. The highest BCUT2D eigenvalue weighted by Crippen LogP contribution is 2.17. The van der Waals surface area contributed by atoms with Gasteiger partial charge < -0.3 is 0 Å². The van der Waals surface area contributed by atoms with Gasteiger partial charge in [0.1, 0.15) is 0 Å². The van der Waals surface area contributed by atoms with Crippen molar-refractivity contribution in [3.63, 3.8) is 0 Å². The lowest BCUT2D eigenvalue weighted by atomic mass is 10.1. The fourth-order valence-electron chi connectivity index (χ4n) is 1.72. The third-order valence-corrected chi connectivity index (χ3v) is 2.69. The Morgan fingerprint density at radius 1 is 0.941 bits per heavy atom. The van der Waals surface area contributed by atoms with Gasteiger partial charge in [0.15, 0.2) is 0 Å². The molecule has 0 aliphatic heterocycles. The maximum absolute atomic E-state index is 5.83. The van der Waals surface area contributed by atoms with E-state index in [1.165, 1.54) is 11.1 Å². The van der Waals surface area contributed by atoms with Crippen LogP contribution in [0.15, 0.2) is 47.5 Å². The van der Waals surface area contributed by atoms with Crippen LogP contribution in [0.5, 0.6) is 0 Å². The van der Waals surface area contributed by atoms with Gasteiger partial charge in [0, 0.05) is 11.2 Å². The molecule has 0 atom stereocenters. The maximum atomic E-state index is 5.83. The minimum atomic E-state index is 0.744. The fourth-order valence-corrected chi connectivity index (χ4v) is 1.85. The molecule has 17 heavy (non-hydrogen) atoms. The number of nitrogens with zero attached hydrogens (tertiary/aromatic N) is 1. The van der Waals surface area contributed by atoms with Crippen LogP contribution in [0.2, 0.25) is 5.02 Å². The topological polar surface area (TPSA) is 12.4 Å². The maximum Gasteiger partial charge on any atom is 0.0635 e. The smallest absolute Gasteiger partial charge is 0.0635 e. The molecule has 0 spiro atoms. The molecule has 0 saturated carbocycles. The molecular formula is C15H14ClN. The Bertz CT molecular complexity index is 521. The van der Waals surface area contributed by atoms with Gasteiger partial charge in [-0.15, -0.1) is 0 Å². The quantitative estimate of drug-likeness (QED) is 0.678. The third kappa shape index (κ3) is 3.43. The first-order valence-electron chi connectivity index (χ1n) is 5.51. The van der Waals surface area contributed by atoms with Crippen molar-refractivity contribution < 1.29 is 0 Å². The van der Waals surface area contributed by atoms with E-state index < -0.39 is 0 Å². The number of benzene rings is 2. The summed E-state index contributed by atoms with van der Waals surface area (Å²) in [4.78, 5) is 4.46. The van der Waals surface area contributed by atoms with E-state index in [4.69, 9.17) is 11.6 Å². The Kier molecular flexibility index (Phi) is 3.60. The summed E-state index contributed by atoms with van der Waals surface area (Å²) >= 11 is 5.83. The highest BCUT2D eigenvalue weighted by atomic mass is 35.5. The second-order valence-corrected chi connectivity index (χ2v) is 4.59. The molecule has 0 amide bonds. The van der Waals surface area contributed by atoms with Crippen molar-refractivity contribution in [1.82, 2.24) is 0 Å². The Morgan fingerprint density at radius 3 is 2.12 bits per heavy atom. The van der Waals surface area contributed by atoms with E-state index in [0.29, 0.717) is 0 Å². The van der Waals surface area contributed by atoms with Crippen molar-refractivity contribution in [2.75, 3.05) is 0 Å². The molecule has 0 aliphatic carbocycles. The number of halogens is 1. The number of hydrogen-bond acceptors (Lipinski definition) is 1. The van der Waals surface area contributed by atoms with Crippen LogP contribution in [0.4, 0.5) is 5.69 Å². The fraction of sp³-hybridized carbons (Fsp3) is 0.133. The molecule has 0 aromatic heterocycles. The van der Waals surface area contributed by atoms with Crippen molar-refractivity contribution >= 4 is 23.5 Å².